The maximum Gasteiger partial charge on any atom is 0.331 e. The van der Waals surface area contributed by atoms with E-state index in [4.69, 9.17) is 4.74 Å². The van der Waals surface area contributed by atoms with Gasteiger partial charge in [0.05, 0.1) is 5.41 Å². The summed E-state index contributed by atoms with van der Waals surface area (Å²) in [6, 6.07) is 0. The maximum absolute atomic E-state index is 14.3. The molecule has 4 aliphatic rings. The molecule has 0 aromatic carbocycles. The lowest BCUT2D eigenvalue weighted by molar-refractivity contribution is -0.200. The van der Waals surface area contributed by atoms with Gasteiger partial charge in [-0.15, -0.1) is 0 Å². The minimum Gasteiger partial charge on any atom is -0.451 e. The van der Waals surface area contributed by atoms with E-state index in [2.05, 4.69) is 20.8 Å². The summed E-state index contributed by atoms with van der Waals surface area (Å²) in [6.45, 7) is 12.1. The SMILES string of the molecule is CCCCCC=CC=CC(=O)O[C@H]1C(C)=C[C@]23C(=O)[C@@H](C=C(C)[C@@H](O)[C@]12O)[C@H]1[C@@H](C[C@H]3C)C1(C)C. The summed E-state index contributed by atoms with van der Waals surface area (Å²) in [5.74, 6) is -0.627. The van der Waals surface area contributed by atoms with Crippen LogP contribution in [0.2, 0.25) is 0 Å². The number of rotatable bonds is 7. The van der Waals surface area contributed by atoms with Crippen molar-refractivity contribution < 1.29 is 24.5 Å². The first-order valence-electron chi connectivity index (χ1n) is 13.3. The molecule has 35 heavy (non-hydrogen) atoms. The Balaban J connectivity index is 1.63. The van der Waals surface area contributed by atoms with E-state index in [0.29, 0.717) is 17.1 Å². The molecule has 0 unspecified atom stereocenters. The number of ketones is 1. The van der Waals surface area contributed by atoms with Crippen molar-refractivity contribution in [3.8, 4) is 0 Å². The average molecular weight is 483 g/mol. The van der Waals surface area contributed by atoms with Crippen molar-refractivity contribution >= 4 is 11.8 Å². The van der Waals surface area contributed by atoms with Crippen molar-refractivity contribution in [3.63, 3.8) is 0 Å². The number of aliphatic hydroxyl groups is 2. The van der Waals surface area contributed by atoms with Crippen LogP contribution in [0, 0.1) is 34.5 Å². The lowest BCUT2D eigenvalue weighted by Gasteiger charge is -2.48. The molecule has 2 bridgehead atoms. The van der Waals surface area contributed by atoms with Crippen LogP contribution in [-0.4, -0.2) is 39.8 Å². The van der Waals surface area contributed by atoms with Gasteiger partial charge in [0, 0.05) is 12.0 Å². The van der Waals surface area contributed by atoms with Gasteiger partial charge in [0.15, 0.2) is 17.5 Å². The van der Waals surface area contributed by atoms with Gasteiger partial charge in [-0.2, -0.15) is 0 Å². The normalized spacial score (nSPS) is 41.7. The quantitative estimate of drug-likeness (QED) is 0.174. The number of carbonyl (C=O) groups excluding carboxylic acids is 2. The molecule has 0 heterocycles. The zero-order valence-electron chi connectivity index (χ0n) is 22.1. The van der Waals surface area contributed by atoms with Crippen LogP contribution in [0.1, 0.15) is 73.6 Å². The topological polar surface area (TPSA) is 83.8 Å². The molecular weight excluding hydrogens is 440 g/mol. The Hall–Kier alpha value is -1.98. The summed E-state index contributed by atoms with van der Waals surface area (Å²) in [6.07, 6.45) is 13.3. The van der Waals surface area contributed by atoms with E-state index in [1.54, 1.807) is 19.9 Å². The number of hydrogen-bond acceptors (Lipinski definition) is 5. The number of allylic oxidation sites excluding steroid dienone is 4. The van der Waals surface area contributed by atoms with Gasteiger partial charge in [0.25, 0.3) is 0 Å². The molecule has 2 fully saturated rings. The van der Waals surface area contributed by atoms with Crippen molar-refractivity contribution in [2.45, 2.75) is 91.5 Å². The van der Waals surface area contributed by atoms with E-state index >= 15 is 0 Å². The van der Waals surface area contributed by atoms with Gasteiger partial charge >= 0.3 is 5.97 Å². The van der Waals surface area contributed by atoms with Crippen LogP contribution in [0.5, 0.6) is 0 Å². The molecule has 8 atom stereocenters. The standard InChI is InChI=1S/C30H42O5/c1-7-8-9-10-11-12-13-14-23(31)35-27-19(3)17-29-20(4)16-22-24(28(22,5)6)21(26(29)33)15-18(2)25(32)30(27,29)34/h11-15,17,20-22,24-25,27,32,34H,7-10,16H2,1-6H3/t20-,21+,22-,24+,25-,27+,29+,30+/m1/s1. The first-order chi connectivity index (χ1) is 16.4. The van der Waals surface area contributed by atoms with Gasteiger partial charge in [0.1, 0.15) is 6.10 Å². The van der Waals surface area contributed by atoms with E-state index in [0.717, 1.165) is 25.7 Å². The van der Waals surface area contributed by atoms with Crippen molar-refractivity contribution in [1.29, 1.82) is 0 Å². The van der Waals surface area contributed by atoms with Crippen LogP contribution in [0.4, 0.5) is 0 Å². The number of ether oxygens (including phenoxy) is 1. The second-order valence-corrected chi connectivity index (χ2v) is 12.0. The van der Waals surface area contributed by atoms with E-state index in [1.165, 1.54) is 12.5 Å². The zero-order chi connectivity index (χ0) is 25.8. The molecule has 192 valence electrons. The van der Waals surface area contributed by atoms with E-state index < -0.39 is 29.2 Å². The minimum absolute atomic E-state index is 0.0510. The molecule has 5 nitrogen and oxygen atoms in total. The highest BCUT2D eigenvalue weighted by Gasteiger charge is 2.76. The van der Waals surface area contributed by atoms with Crippen LogP contribution in [0.3, 0.4) is 0 Å². The number of aliphatic hydroxyl groups excluding tert-OH is 1. The Kier molecular flexibility index (Phi) is 6.82. The summed E-state index contributed by atoms with van der Waals surface area (Å²) in [5.41, 5.74) is -2.00. The highest BCUT2D eigenvalue weighted by molar-refractivity contribution is 5.95. The Morgan fingerprint density at radius 2 is 1.91 bits per heavy atom. The predicted octanol–water partition coefficient (Wildman–Crippen LogP) is 5.09. The Morgan fingerprint density at radius 1 is 1.20 bits per heavy atom. The Bertz CT molecular complexity index is 1000. The Labute approximate surface area is 210 Å². The van der Waals surface area contributed by atoms with Crippen LogP contribution >= 0.6 is 0 Å². The third kappa shape index (κ3) is 3.81. The monoisotopic (exact) mass is 482 g/mol. The molecule has 0 aromatic heterocycles. The van der Waals surface area contributed by atoms with Crippen molar-refractivity contribution in [2.24, 2.45) is 34.5 Å². The van der Waals surface area contributed by atoms with Crippen molar-refractivity contribution in [1.82, 2.24) is 0 Å². The Morgan fingerprint density at radius 3 is 2.60 bits per heavy atom. The molecule has 0 radical (unpaired) electrons. The van der Waals surface area contributed by atoms with Gasteiger partial charge < -0.3 is 14.9 Å². The number of fused-ring (bicyclic) bond motifs is 3. The predicted molar refractivity (Wildman–Crippen MR) is 136 cm³/mol. The fourth-order valence-corrected chi connectivity index (χ4v) is 7.55. The highest BCUT2D eigenvalue weighted by Crippen LogP contribution is 2.71. The van der Waals surface area contributed by atoms with Crippen LogP contribution in [-0.2, 0) is 14.3 Å². The first-order valence-corrected chi connectivity index (χ1v) is 13.3. The first kappa shape index (κ1) is 26.1. The number of carbonyl (C=O) groups is 2. The third-order valence-corrected chi connectivity index (χ3v) is 9.53. The number of esters is 1. The summed E-state index contributed by atoms with van der Waals surface area (Å²) >= 11 is 0. The van der Waals surface area contributed by atoms with E-state index in [-0.39, 0.29) is 29.0 Å². The molecule has 5 heteroatoms. The summed E-state index contributed by atoms with van der Waals surface area (Å²) < 4.78 is 5.80. The van der Waals surface area contributed by atoms with Gasteiger partial charge in [-0.05, 0) is 67.4 Å². The second-order valence-electron chi connectivity index (χ2n) is 12.0. The van der Waals surface area contributed by atoms with E-state index in [9.17, 15) is 19.8 Å². The molecule has 0 saturated heterocycles. The van der Waals surface area contributed by atoms with Gasteiger partial charge in [-0.1, -0.05) is 70.9 Å². The molecular formula is C30H42O5. The van der Waals surface area contributed by atoms with Crippen LogP contribution in [0.15, 0.2) is 47.6 Å². The van der Waals surface area contributed by atoms with E-state index in [1.807, 2.05) is 31.2 Å². The lowest BCUT2D eigenvalue weighted by Crippen LogP contribution is -2.65. The number of Topliss-reactive ketones (excluding diaryl/α,β-unsaturated/α-hetero) is 1. The fraction of sp³-hybridized carbons (Fsp3) is 0.667. The summed E-state index contributed by atoms with van der Waals surface area (Å²) in [4.78, 5) is 27.0. The van der Waals surface area contributed by atoms with Crippen LogP contribution < -0.4 is 0 Å². The molecule has 1 spiro atoms. The summed E-state index contributed by atoms with van der Waals surface area (Å²) in [5, 5.41) is 23.8. The average Bonchev–Trinajstić information content (AvgIpc) is 3.29. The molecule has 2 N–H and O–H groups in total. The van der Waals surface area contributed by atoms with Gasteiger partial charge in [-0.3, -0.25) is 4.79 Å². The van der Waals surface area contributed by atoms with Crippen molar-refractivity contribution in [2.75, 3.05) is 0 Å². The molecule has 4 rings (SSSR count). The van der Waals surface area contributed by atoms with Crippen LogP contribution in [0.25, 0.3) is 0 Å². The summed E-state index contributed by atoms with van der Waals surface area (Å²) in [7, 11) is 0. The second kappa shape index (κ2) is 9.15. The lowest BCUT2D eigenvalue weighted by atomic mass is 9.59. The minimum atomic E-state index is -1.94. The molecule has 2 saturated carbocycles. The largest absolute Gasteiger partial charge is 0.451 e. The maximum atomic E-state index is 14.3. The molecule has 0 amide bonds. The molecule has 0 aliphatic heterocycles. The zero-order valence-corrected chi connectivity index (χ0v) is 22.1. The number of unbranched alkanes of at least 4 members (excludes halogenated alkanes) is 3. The third-order valence-electron chi connectivity index (χ3n) is 9.53. The smallest absolute Gasteiger partial charge is 0.331 e. The molecule has 0 aromatic rings. The molecule has 4 aliphatic carbocycles. The number of hydrogen-bond donors (Lipinski definition) is 2. The highest BCUT2D eigenvalue weighted by atomic mass is 16.6. The van der Waals surface area contributed by atoms with Gasteiger partial charge in [0.2, 0.25) is 0 Å². The fourth-order valence-electron chi connectivity index (χ4n) is 7.55. The van der Waals surface area contributed by atoms with Crippen molar-refractivity contribution in [3.05, 3.63) is 47.6 Å². The van der Waals surface area contributed by atoms with Gasteiger partial charge in [-0.25, -0.2) is 4.79 Å².